The second-order valence-corrected chi connectivity index (χ2v) is 7.22. The predicted molar refractivity (Wildman–Crippen MR) is 97.6 cm³/mol. The zero-order valence-electron chi connectivity index (χ0n) is 14.2. The number of nitrogens with one attached hydrogen (secondary N) is 1. The predicted octanol–water partition coefficient (Wildman–Crippen LogP) is 3.25. The zero-order valence-corrected chi connectivity index (χ0v) is 15.0. The van der Waals surface area contributed by atoms with Crippen LogP contribution < -0.4 is 5.32 Å². The van der Waals surface area contributed by atoms with E-state index in [2.05, 4.69) is 34.7 Å². The molecular formula is C19H24N2O2S. The third-order valence-corrected chi connectivity index (χ3v) is 5.33. The molecule has 1 fully saturated rings. The highest BCUT2D eigenvalue weighted by Crippen LogP contribution is 2.29. The molecule has 1 aromatic carbocycles. The largest absolute Gasteiger partial charge is 0.379 e. The molecule has 1 aliphatic rings. The van der Waals surface area contributed by atoms with E-state index in [9.17, 15) is 4.79 Å². The molecule has 3 rings (SSSR count). The van der Waals surface area contributed by atoms with E-state index >= 15 is 0 Å². The Morgan fingerprint density at radius 2 is 2.04 bits per heavy atom. The Morgan fingerprint density at radius 3 is 2.71 bits per heavy atom. The first-order valence-electron chi connectivity index (χ1n) is 8.38. The van der Waals surface area contributed by atoms with Crippen molar-refractivity contribution >= 4 is 17.2 Å². The first-order valence-corrected chi connectivity index (χ1v) is 9.26. The van der Waals surface area contributed by atoms with Crippen molar-refractivity contribution < 1.29 is 9.53 Å². The van der Waals surface area contributed by atoms with Crippen LogP contribution in [0.15, 0.2) is 41.8 Å². The summed E-state index contributed by atoms with van der Waals surface area (Å²) in [4.78, 5) is 16.3. The van der Waals surface area contributed by atoms with E-state index in [0.29, 0.717) is 5.56 Å². The van der Waals surface area contributed by atoms with Crippen molar-refractivity contribution in [1.29, 1.82) is 0 Å². The van der Waals surface area contributed by atoms with Gasteiger partial charge in [-0.3, -0.25) is 9.69 Å². The summed E-state index contributed by atoms with van der Waals surface area (Å²) in [7, 11) is 0. The van der Waals surface area contributed by atoms with Crippen molar-refractivity contribution in [3.63, 3.8) is 0 Å². The second kappa shape index (κ2) is 7.92. The highest BCUT2D eigenvalue weighted by molar-refractivity contribution is 7.10. The van der Waals surface area contributed by atoms with Gasteiger partial charge in [-0.1, -0.05) is 23.8 Å². The van der Waals surface area contributed by atoms with Crippen LogP contribution in [0.5, 0.6) is 0 Å². The maximum atomic E-state index is 12.6. The molecule has 0 radical (unpaired) electrons. The van der Waals surface area contributed by atoms with Gasteiger partial charge < -0.3 is 10.1 Å². The lowest BCUT2D eigenvalue weighted by atomic mass is 10.0. The monoisotopic (exact) mass is 344 g/mol. The molecule has 1 aromatic heterocycles. The molecular weight excluding hydrogens is 320 g/mol. The molecule has 4 nitrogen and oxygen atoms in total. The third-order valence-electron chi connectivity index (χ3n) is 4.39. The van der Waals surface area contributed by atoms with Crippen LogP contribution in [-0.4, -0.2) is 43.2 Å². The lowest BCUT2D eigenvalue weighted by Crippen LogP contribution is -2.48. The van der Waals surface area contributed by atoms with E-state index in [0.717, 1.165) is 31.9 Å². The Balaban J connectivity index is 1.75. The Hall–Kier alpha value is -1.69. The van der Waals surface area contributed by atoms with Gasteiger partial charge in [0.15, 0.2) is 0 Å². The maximum Gasteiger partial charge on any atom is 0.251 e. The van der Waals surface area contributed by atoms with Gasteiger partial charge in [0.1, 0.15) is 0 Å². The lowest BCUT2D eigenvalue weighted by Gasteiger charge is -2.37. The topological polar surface area (TPSA) is 41.6 Å². The van der Waals surface area contributed by atoms with Crippen molar-refractivity contribution in [2.24, 2.45) is 0 Å². The Bertz CT molecular complexity index is 666. The number of carbonyl (C=O) groups excluding carboxylic acids is 1. The number of hydrogen-bond acceptors (Lipinski definition) is 4. The highest BCUT2D eigenvalue weighted by atomic mass is 32.1. The first kappa shape index (κ1) is 17.1. The van der Waals surface area contributed by atoms with Gasteiger partial charge in [0.25, 0.3) is 5.91 Å². The zero-order chi connectivity index (χ0) is 16.9. The average molecular weight is 344 g/mol. The summed E-state index contributed by atoms with van der Waals surface area (Å²) in [5.74, 6) is -0.0129. The number of rotatable bonds is 5. The molecule has 1 aliphatic heterocycles. The smallest absolute Gasteiger partial charge is 0.251 e. The van der Waals surface area contributed by atoms with Gasteiger partial charge in [-0.15, -0.1) is 11.3 Å². The fraction of sp³-hybridized carbons (Fsp3) is 0.421. The number of amides is 1. The number of nitrogens with zero attached hydrogens (tertiary/aromatic N) is 1. The molecule has 128 valence electrons. The molecule has 0 spiro atoms. The molecule has 0 aliphatic carbocycles. The molecule has 1 saturated heterocycles. The maximum absolute atomic E-state index is 12.6. The quantitative estimate of drug-likeness (QED) is 0.905. The van der Waals surface area contributed by atoms with Gasteiger partial charge >= 0.3 is 0 Å². The van der Waals surface area contributed by atoms with Crippen LogP contribution in [0.4, 0.5) is 0 Å². The third kappa shape index (κ3) is 4.04. The molecule has 24 heavy (non-hydrogen) atoms. The van der Waals surface area contributed by atoms with Crippen molar-refractivity contribution in [2.45, 2.75) is 25.9 Å². The Labute approximate surface area is 147 Å². The molecule has 2 atom stereocenters. The van der Waals surface area contributed by atoms with E-state index in [4.69, 9.17) is 4.74 Å². The van der Waals surface area contributed by atoms with Gasteiger partial charge in [-0.25, -0.2) is 0 Å². The Kier molecular flexibility index (Phi) is 5.66. The van der Waals surface area contributed by atoms with E-state index in [1.165, 1.54) is 4.88 Å². The fourth-order valence-corrected chi connectivity index (χ4v) is 4.18. The minimum atomic E-state index is -0.0129. The van der Waals surface area contributed by atoms with Crippen molar-refractivity contribution in [2.75, 3.05) is 26.3 Å². The highest BCUT2D eigenvalue weighted by Gasteiger charge is 2.29. The number of thiophene rings is 1. The van der Waals surface area contributed by atoms with Crippen molar-refractivity contribution in [1.82, 2.24) is 10.2 Å². The van der Waals surface area contributed by atoms with Crippen LogP contribution in [-0.2, 0) is 4.74 Å². The molecule has 2 heterocycles. The van der Waals surface area contributed by atoms with Gasteiger partial charge in [0, 0.05) is 29.6 Å². The summed E-state index contributed by atoms with van der Waals surface area (Å²) in [6.45, 7) is 7.39. The molecule has 2 aromatic rings. The van der Waals surface area contributed by atoms with Crippen LogP contribution in [0.2, 0.25) is 0 Å². The minimum absolute atomic E-state index is 0.0129. The number of carbonyl (C=O) groups is 1. The van der Waals surface area contributed by atoms with E-state index in [-0.39, 0.29) is 18.0 Å². The van der Waals surface area contributed by atoms with Crippen LogP contribution in [0, 0.1) is 6.92 Å². The first-order chi connectivity index (χ1) is 11.6. The molecule has 0 bridgehead atoms. The summed E-state index contributed by atoms with van der Waals surface area (Å²) >= 11 is 1.74. The van der Waals surface area contributed by atoms with Gasteiger partial charge in [-0.2, -0.15) is 0 Å². The molecule has 5 heteroatoms. The molecule has 1 amide bonds. The molecule has 0 saturated carbocycles. The Morgan fingerprint density at radius 1 is 1.25 bits per heavy atom. The fourth-order valence-electron chi connectivity index (χ4n) is 3.21. The van der Waals surface area contributed by atoms with E-state index < -0.39 is 0 Å². The normalized spacial score (nSPS) is 18.1. The van der Waals surface area contributed by atoms with Gasteiger partial charge in [-0.05, 0) is 37.4 Å². The second-order valence-electron chi connectivity index (χ2n) is 6.24. The van der Waals surface area contributed by atoms with Crippen molar-refractivity contribution in [3.05, 3.63) is 57.8 Å². The number of aryl methyl sites for hydroxylation is 1. The lowest BCUT2D eigenvalue weighted by molar-refractivity contribution is 0.00969. The molecule has 1 N–H and O–H groups in total. The molecule has 0 unspecified atom stereocenters. The number of hydrogen-bond donors (Lipinski definition) is 1. The minimum Gasteiger partial charge on any atom is -0.379 e. The summed E-state index contributed by atoms with van der Waals surface area (Å²) in [6, 6.07) is 12.1. The van der Waals surface area contributed by atoms with Crippen LogP contribution in [0.1, 0.15) is 33.8 Å². The number of ether oxygens (including phenoxy) is 1. The summed E-state index contributed by atoms with van der Waals surface area (Å²) in [5, 5.41) is 5.29. The van der Waals surface area contributed by atoms with E-state index in [1.54, 1.807) is 11.3 Å². The number of morpholine rings is 1. The SMILES string of the molecule is Cc1cccc(C(=O)N[C@H](C)[C@H](c2cccs2)N2CCOCC2)c1. The van der Waals surface area contributed by atoms with Crippen LogP contribution in [0.25, 0.3) is 0 Å². The van der Waals surface area contributed by atoms with Gasteiger partial charge in [0.2, 0.25) is 0 Å². The summed E-state index contributed by atoms with van der Waals surface area (Å²) in [6.07, 6.45) is 0. The average Bonchev–Trinajstić information content (AvgIpc) is 3.10. The van der Waals surface area contributed by atoms with Crippen molar-refractivity contribution in [3.8, 4) is 0 Å². The number of benzene rings is 1. The van der Waals surface area contributed by atoms with Gasteiger partial charge in [0.05, 0.1) is 19.3 Å². The summed E-state index contributed by atoms with van der Waals surface area (Å²) in [5.41, 5.74) is 1.81. The van der Waals surface area contributed by atoms with E-state index in [1.807, 2.05) is 31.2 Å². The van der Waals surface area contributed by atoms with Crippen LogP contribution in [0.3, 0.4) is 0 Å². The van der Waals surface area contributed by atoms with Crippen LogP contribution >= 0.6 is 11.3 Å². The summed E-state index contributed by atoms with van der Waals surface area (Å²) < 4.78 is 5.48. The standard InChI is InChI=1S/C19H24N2O2S/c1-14-5-3-6-16(13-14)19(22)20-15(2)18(17-7-4-12-24-17)21-8-10-23-11-9-21/h3-7,12-13,15,18H,8-11H2,1-2H3,(H,20,22)/t15-,18-/m1/s1.